The van der Waals surface area contributed by atoms with Crippen LogP contribution >= 0.6 is 11.6 Å². The van der Waals surface area contributed by atoms with Crippen LogP contribution in [0.15, 0.2) is 41.2 Å². The summed E-state index contributed by atoms with van der Waals surface area (Å²) in [6, 6.07) is 9.22. The molecule has 202 valence electrons. The number of hydrogen-bond acceptors (Lipinski definition) is 5. The molecule has 4 rings (SSSR count). The van der Waals surface area contributed by atoms with Crippen molar-refractivity contribution in [2.45, 2.75) is 40.3 Å². The molecule has 0 spiro atoms. The fourth-order valence-electron chi connectivity index (χ4n) is 4.79. The molecule has 9 nitrogen and oxygen atoms in total. The van der Waals surface area contributed by atoms with Crippen LogP contribution in [0.25, 0.3) is 22.3 Å². The van der Waals surface area contributed by atoms with E-state index in [1.165, 1.54) is 27.7 Å². The topological polar surface area (TPSA) is 108 Å². The number of fused-ring (bicyclic) bond motifs is 1. The summed E-state index contributed by atoms with van der Waals surface area (Å²) < 4.78 is 15.1. The first kappa shape index (κ1) is 27.4. The van der Waals surface area contributed by atoms with Crippen molar-refractivity contribution in [1.82, 2.24) is 19.8 Å². The van der Waals surface area contributed by atoms with E-state index in [0.717, 1.165) is 5.69 Å². The molecule has 2 heterocycles. The van der Waals surface area contributed by atoms with Gasteiger partial charge in [-0.05, 0) is 55.7 Å². The minimum atomic E-state index is -0.960. The Labute approximate surface area is 224 Å². The summed E-state index contributed by atoms with van der Waals surface area (Å²) in [6.07, 6.45) is -0.960. The van der Waals surface area contributed by atoms with Gasteiger partial charge in [-0.25, -0.2) is 14.2 Å². The van der Waals surface area contributed by atoms with Crippen LogP contribution in [0.2, 0.25) is 5.02 Å². The summed E-state index contributed by atoms with van der Waals surface area (Å²) in [4.78, 5) is 46.3. The Hall–Kier alpha value is -3.66. The van der Waals surface area contributed by atoms with Crippen LogP contribution in [-0.2, 0) is 11.3 Å². The maximum absolute atomic E-state index is 13.8. The zero-order valence-corrected chi connectivity index (χ0v) is 22.5. The summed E-state index contributed by atoms with van der Waals surface area (Å²) in [7, 11) is 0. The molecule has 0 atom stereocenters. The maximum atomic E-state index is 13.8. The van der Waals surface area contributed by atoms with Crippen molar-refractivity contribution in [1.29, 1.82) is 0 Å². The molecule has 2 N–H and O–H groups in total. The highest BCUT2D eigenvalue weighted by molar-refractivity contribution is 6.31. The highest BCUT2D eigenvalue weighted by Crippen LogP contribution is 2.29. The summed E-state index contributed by atoms with van der Waals surface area (Å²) in [5, 5.41) is 12.5. The fourth-order valence-corrected chi connectivity index (χ4v) is 4.97. The van der Waals surface area contributed by atoms with Crippen molar-refractivity contribution < 1.29 is 19.1 Å². The van der Waals surface area contributed by atoms with Crippen LogP contribution in [0.3, 0.4) is 0 Å². The van der Waals surface area contributed by atoms with E-state index in [0.29, 0.717) is 42.6 Å². The minimum Gasteiger partial charge on any atom is -0.465 e. The van der Waals surface area contributed by atoms with E-state index in [4.69, 9.17) is 11.6 Å². The molecule has 0 saturated carbocycles. The Bertz CT molecular complexity index is 1460. The number of carbonyl (C=O) groups excluding carboxylic acids is 1. The quantitative estimate of drug-likeness (QED) is 0.499. The first-order valence-electron chi connectivity index (χ1n) is 12.4. The van der Waals surface area contributed by atoms with Crippen molar-refractivity contribution >= 4 is 40.2 Å². The second-order valence-corrected chi connectivity index (χ2v) is 11.1. The molecule has 1 aliphatic heterocycles. The van der Waals surface area contributed by atoms with Crippen LogP contribution in [0.1, 0.15) is 27.7 Å². The lowest BCUT2D eigenvalue weighted by Crippen LogP contribution is -2.38. The van der Waals surface area contributed by atoms with Gasteiger partial charge < -0.3 is 20.2 Å². The van der Waals surface area contributed by atoms with Crippen LogP contribution < -0.4 is 15.8 Å². The van der Waals surface area contributed by atoms with Crippen LogP contribution in [-0.4, -0.2) is 63.8 Å². The minimum absolute atomic E-state index is 0.121. The predicted molar refractivity (Wildman–Crippen MR) is 145 cm³/mol. The number of carboxylic acid groups (broad SMARTS) is 1. The van der Waals surface area contributed by atoms with Gasteiger partial charge in [0.05, 0.1) is 15.9 Å². The van der Waals surface area contributed by atoms with Crippen LogP contribution in [0.5, 0.6) is 0 Å². The Balaban J connectivity index is 1.82. The SMILES string of the molecule is CC(C)NC(=O)Cn1c(-c2ccc(F)c(Cl)c2)nc2ccc(N3CCN(C(=O)O)CC(C)(C)C3)cc2c1=O. The van der Waals surface area contributed by atoms with Gasteiger partial charge >= 0.3 is 6.09 Å². The number of amides is 2. The Morgan fingerprint density at radius 2 is 1.89 bits per heavy atom. The van der Waals surface area contributed by atoms with E-state index >= 15 is 0 Å². The van der Waals surface area contributed by atoms with Gasteiger partial charge in [0.15, 0.2) is 0 Å². The zero-order chi connectivity index (χ0) is 27.8. The van der Waals surface area contributed by atoms with Crippen molar-refractivity contribution in [2.24, 2.45) is 5.41 Å². The van der Waals surface area contributed by atoms with Crippen LogP contribution in [0.4, 0.5) is 14.9 Å². The third-order valence-electron chi connectivity index (χ3n) is 6.38. The number of anilines is 1. The number of nitrogens with zero attached hydrogens (tertiary/aromatic N) is 4. The fraction of sp³-hybridized carbons (Fsp3) is 0.407. The van der Waals surface area contributed by atoms with Gasteiger partial charge in [0, 0.05) is 43.5 Å². The Morgan fingerprint density at radius 1 is 1.16 bits per heavy atom. The number of nitrogens with one attached hydrogen (secondary N) is 1. The van der Waals surface area contributed by atoms with Gasteiger partial charge in [-0.1, -0.05) is 25.4 Å². The number of benzene rings is 2. The van der Waals surface area contributed by atoms with E-state index in [2.05, 4.69) is 15.2 Å². The van der Waals surface area contributed by atoms with Crippen molar-refractivity contribution in [3.63, 3.8) is 0 Å². The highest BCUT2D eigenvalue weighted by Gasteiger charge is 2.31. The van der Waals surface area contributed by atoms with Gasteiger partial charge in [-0.2, -0.15) is 0 Å². The molecule has 1 fully saturated rings. The number of carbonyl (C=O) groups is 2. The second-order valence-electron chi connectivity index (χ2n) is 10.7. The van der Waals surface area contributed by atoms with E-state index in [1.807, 2.05) is 33.8 Å². The normalized spacial score (nSPS) is 15.6. The summed E-state index contributed by atoms with van der Waals surface area (Å²) in [5.41, 5.74) is 0.832. The first-order chi connectivity index (χ1) is 17.8. The zero-order valence-electron chi connectivity index (χ0n) is 21.8. The molecule has 1 aromatic heterocycles. The lowest BCUT2D eigenvalue weighted by atomic mass is 9.92. The molecule has 2 aromatic carbocycles. The van der Waals surface area contributed by atoms with Crippen LogP contribution in [0, 0.1) is 11.2 Å². The molecular formula is C27H31ClFN5O4. The van der Waals surface area contributed by atoms with Crippen molar-refractivity contribution in [3.8, 4) is 11.4 Å². The van der Waals surface area contributed by atoms with Gasteiger partial charge in [-0.15, -0.1) is 0 Å². The molecule has 0 radical (unpaired) electrons. The molecule has 2 amide bonds. The lowest BCUT2D eigenvalue weighted by molar-refractivity contribution is -0.122. The van der Waals surface area contributed by atoms with E-state index in [-0.39, 0.29) is 34.8 Å². The second kappa shape index (κ2) is 10.6. The van der Waals surface area contributed by atoms with Crippen molar-refractivity contribution in [2.75, 3.05) is 31.1 Å². The predicted octanol–water partition coefficient (Wildman–Crippen LogP) is 4.21. The molecular weight excluding hydrogens is 513 g/mol. The monoisotopic (exact) mass is 543 g/mol. The molecule has 11 heteroatoms. The molecule has 3 aromatic rings. The van der Waals surface area contributed by atoms with Gasteiger partial charge in [0.2, 0.25) is 5.91 Å². The summed E-state index contributed by atoms with van der Waals surface area (Å²) in [6.45, 7) is 9.15. The first-order valence-corrected chi connectivity index (χ1v) is 12.7. The third-order valence-corrected chi connectivity index (χ3v) is 6.67. The molecule has 0 unspecified atom stereocenters. The smallest absolute Gasteiger partial charge is 0.407 e. The lowest BCUT2D eigenvalue weighted by Gasteiger charge is -2.31. The largest absolute Gasteiger partial charge is 0.465 e. The highest BCUT2D eigenvalue weighted by atomic mass is 35.5. The van der Waals surface area contributed by atoms with E-state index in [1.54, 1.807) is 12.1 Å². The van der Waals surface area contributed by atoms with Gasteiger partial charge in [0.1, 0.15) is 18.2 Å². The maximum Gasteiger partial charge on any atom is 0.407 e. The Kier molecular flexibility index (Phi) is 7.64. The Morgan fingerprint density at radius 3 is 2.55 bits per heavy atom. The van der Waals surface area contributed by atoms with Crippen molar-refractivity contribution in [3.05, 3.63) is 57.6 Å². The molecule has 0 bridgehead atoms. The number of aromatic nitrogens is 2. The molecule has 1 saturated heterocycles. The number of rotatable bonds is 5. The number of halogens is 2. The van der Waals surface area contributed by atoms with E-state index < -0.39 is 17.5 Å². The third kappa shape index (κ3) is 5.91. The average Bonchev–Trinajstić information content (AvgIpc) is 3.00. The molecule has 1 aliphatic rings. The molecule has 38 heavy (non-hydrogen) atoms. The standard InChI is InChI=1S/C27H31ClFN5O4/c1-16(2)30-23(35)13-34-24(17-5-7-21(29)20(28)11-17)31-22-8-6-18(12-19(22)25(34)36)32-9-10-33(26(37)38)15-27(3,4)14-32/h5-8,11-12,16H,9-10,13-15H2,1-4H3,(H,30,35)(H,37,38). The van der Waals surface area contributed by atoms with E-state index in [9.17, 15) is 23.9 Å². The summed E-state index contributed by atoms with van der Waals surface area (Å²) in [5.74, 6) is -0.768. The van der Waals surface area contributed by atoms with Gasteiger partial charge in [0.25, 0.3) is 5.56 Å². The summed E-state index contributed by atoms with van der Waals surface area (Å²) >= 11 is 6.01. The van der Waals surface area contributed by atoms with Gasteiger partial charge in [-0.3, -0.25) is 14.2 Å². The molecule has 0 aliphatic carbocycles. The average molecular weight is 544 g/mol. The number of hydrogen-bond donors (Lipinski definition) is 2.